The van der Waals surface area contributed by atoms with Gasteiger partial charge in [-0.2, -0.15) is 0 Å². The highest BCUT2D eigenvalue weighted by atomic mass is 16.7. The molecule has 1 atom stereocenters. The number of hydrogen-bond acceptors (Lipinski definition) is 5. The number of hydrogen-bond donors (Lipinski definition) is 0. The second-order valence-electron chi connectivity index (χ2n) is 4.77. The van der Waals surface area contributed by atoms with E-state index in [0.29, 0.717) is 11.3 Å². The molecular weight excluding hydrogens is 282 g/mol. The number of para-hydroxylation sites is 1. The summed E-state index contributed by atoms with van der Waals surface area (Å²) in [7, 11) is 0. The lowest BCUT2D eigenvalue weighted by atomic mass is 10.0. The van der Waals surface area contributed by atoms with Crippen molar-refractivity contribution in [2.75, 3.05) is 0 Å². The third-order valence-electron chi connectivity index (χ3n) is 3.19. The smallest absolute Gasteiger partial charge is 0.356 e. The molecule has 2 aromatic carbocycles. The van der Waals surface area contributed by atoms with Gasteiger partial charge in [0.25, 0.3) is 0 Å². The second kappa shape index (κ2) is 6.22. The van der Waals surface area contributed by atoms with Gasteiger partial charge in [0.2, 0.25) is 11.9 Å². The summed E-state index contributed by atoms with van der Waals surface area (Å²) in [4.78, 5) is 29.2. The van der Waals surface area contributed by atoms with Gasteiger partial charge in [-0.15, -0.1) is 0 Å². The molecule has 5 heteroatoms. The first-order valence-electron chi connectivity index (χ1n) is 6.83. The van der Waals surface area contributed by atoms with Gasteiger partial charge >= 0.3 is 5.97 Å². The lowest BCUT2D eigenvalue weighted by Gasteiger charge is -2.07. The minimum Gasteiger partial charge on any atom is -0.424 e. The van der Waals surface area contributed by atoms with Crippen molar-refractivity contribution in [1.29, 1.82) is 0 Å². The molecule has 0 fully saturated rings. The maximum Gasteiger partial charge on any atom is 0.356 e. The number of nitrogens with zero attached hydrogens (tertiary/aromatic N) is 1. The van der Waals surface area contributed by atoms with Gasteiger partial charge in [-0.1, -0.05) is 53.7 Å². The number of carbonyl (C=O) groups is 2. The normalized spacial score (nSPS) is 16.5. The molecule has 0 bridgehead atoms. The van der Waals surface area contributed by atoms with Crippen molar-refractivity contribution in [3.63, 3.8) is 0 Å². The monoisotopic (exact) mass is 295 g/mol. The molecule has 3 rings (SSSR count). The first kappa shape index (κ1) is 14.0. The molecule has 1 heterocycles. The van der Waals surface area contributed by atoms with Crippen molar-refractivity contribution in [3.8, 4) is 5.75 Å². The first-order chi connectivity index (χ1) is 10.7. The molecule has 0 aromatic heterocycles. The van der Waals surface area contributed by atoms with Crippen molar-refractivity contribution in [1.82, 2.24) is 0 Å². The Labute approximate surface area is 127 Å². The van der Waals surface area contributed by atoms with Crippen LogP contribution in [0.1, 0.15) is 16.8 Å². The van der Waals surface area contributed by atoms with Crippen LogP contribution in [0.4, 0.5) is 0 Å². The number of carbonyl (C=O) groups excluding carboxylic acids is 2. The molecule has 2 aromatic rings. The van der Waals surface area contributed by atoms with E-state index in [-0.39, 0.29) is 17.9 Å². The molecule has 22 heavy (non-hydrogen) atoms. The topological polar surface area (TPSA) is 65.0 Å². The van der Waals surface area contributed by atoms with Gasteiger partial charge in [0.05, 0.1) is 0 Å². The van der Waals surface area contributed by atoms with Crippen molar-refractivity contribution in [2.45, 2.75) is 12.5 Å². The molecule has 1 unspecified atom stereocenters. The molecule has 0 radical (unpaired) electrons. The number of benzene rings is 2. The largest absolute Gasteiger partial charge is 0.424 e. The second-order valence-corrected chi connectivity index (χ2v) is 4.77. The van der Waals surface area contributed by atoms with Gasteiger partial charge in [-0.05, 0) is 12.1 Å². The molecule has 0 aliphatic carbocycles. The molecule has 0 amide bonds. The molecule has 1 aliphatic rings. The van der Waals surface area contributed by atoms with Crippen LogP contribution < -0.4 is 4.74 Å². The Morgan fingerprint density at radius 3 is 2.32 bits per heavy atom. The van der Waals surface area contributed by atoms with Gasteiger partial charge in [-0.3, -0.25) is 4.79 Å². The summed E-state index contributed by atoms with van der Waals surface area (Å²) >= 11 is 0. The van der Waals surface area contributed by atoms with E-state index in [2.05, 4.69) is 5.16 Å². The summed E-state index contributed by atoms with van der Waals surface area (Å²) < 4.78 is 5.18. The molecule has 1 aliphatic heterocycles. The van der Waals surface area contributed by atoms with Crippen molar-refractivity contribution < 1.29 is 19.2 Å². The zero-order chi connectivity index (χ0) is 15.4. The van der Waals surface area contributed by atoms with Crippen LogP contribution in [0.5, 0.6) is 5.75 Å². The lowest BCUT2D eigenvalue weighted by molar-refractivity contribution is -0.145. The van der Waals surface area contributed by atoms with Gasteiger partial charge in [0.15, 0.2) is 0 Å². The Kier molecular flexibility index (Phi) is 3.96. The number of rotatable bonds is 4. The minimum atomic E-state index is -0.886. The van der Waals surface area contributed by atoms with E-state index < -0.39 is 12.1 Å². The zero-order valence-electron chi connectivity index (χ0n) is 11.6. The van der Waals surface area contributed by atoms with Crippen LogP contribution >= 0.6 is 0 Å². The fraction of sp³-hybridized carbons (Fsp3) is 0.118. The lowest BCUT2D eigenvalue weighted by Crippen LogP contribution is -2.27. The SMILES string of the molecule is O=C(C1=NOC(C(=O)Oc2ccccc2)C1)c1ccccc1. The van der Waals surface area contributed by atoms with Crippen LogP contribution in [-0.4, -0.2) is 23.6 Å². The van der Waals surface area contributed by atoms with Crippen LogP contribution in [0, 0.1) is 0 Å². The fourth-order valence-electron chi connectivity index (χ4n) is 2.06. The summed E-state index contributed by atoms with van der Waals surface area (Å²) in [5.41, 5.74) is 0.739. The van der Waals surface area contributed by atoms with E-state index in [9.17, 15) is 9.59 Å². The summed E-state index contributed by atoms with van der Waals surface area (Å²) in [6, 6.07) is 17.4. The van der Waals surface area contributed by atoms with E-state index in [1.165, 1.54) is 0 Å². The fourth-order valence-corrected chi connectivity index (χ4v) is 2.06. The number of esters is 1. The number of Topliss-reactive ketones (excluding diaryl/α,β-unsaturated/α-hetero) is 1. The Balaban J connectivity index is 1.62. The highest BCUT2D eigenvalue weighted by Gasteiger charge is 2.33. The Morgan fingerprint density at radius 1 is 1.00 bits per heavy atom. The van der Waals surface area contributed by atoms with Crippen molar-refractivity contribution in [2.24, 2.45) is 5.16 Å². The van der Waals surface area contributed by atoms with Crippen LogP contribution in [-0.2, 0) is 9.63 Å². The van der Waals surface area contributed by atoms with Crippen molar-refractivity contribution in [3.05, 3.63) is 66.2 Å². The number of ether oxygens (including phenoxy) is 1. The van der Waals surface area contributed by atoms with Crippen LogP contribution in [0.3, 0.4) is 0 Å². The number of ketones is 1. The van der Waals surface area contributed by atoms with Crippen molar-refractivity contribution >= 4 is 17.5 Å². The van der Waals surface area contributed by atoms with Gasteiger partial charge < -0.3 is 9.57 Å². The maximum absolute atomic E-state index is 12.2. The Morgan fingerprint density at radius 2 is 1.64 bits per heavy atom. The Hall–Kier alpha value is -2.95. The quantitative estimate of drug-likeness (QED) is 0.494. The van der Waals surface area contributed by atoms with Gasteiger partial charge in [-0.25, -0.2) is 4.79 Å². The molecule has 0 saturated heterocycles. The van der Waals surface area contributed by atoms with E-state index in [4.69, 9.17) is 9.57 Å². The highest BCUT2D eigenvalue weighted by molar-refractivity contribution is 6.46. The van der Waals surface area contributed by atoms with Crippen LogP contribution in [0.25, 0.3) is 0 Å². The van der Waals surface area contributed by atoms with E-state index in [1.807, 2.05) is 12.1 Å². The molecule has 0 N–H and O–H groups in total. The summed E-state index contributed by atoms with van der Waals surface area (Å²) in [5.74, 6) is -0.375. The van der Waals surface area contributed by atoms with Crippen LogP contribution in [0.15, 0.2) is 65.8 Å². The van der Waals surface area contributed by atoms with E-state index in [1.54, 1.807) is 48.5 Å². The molecule has 0 spiro atoms. The zero-order valence-corrected chi connectivity index (χ0v) is 11.6. The summed E-state index contributed by atoms with van der Waals surface area (Å²) in [6.07, 6.45) is -0.776. The summed E-state index contributed by atoms with van der Waals surface area (Å²) in [6.45, 7) is 0. The average Bonchev–Trinajstić information content (AvgIpc) is 3.06. The van der Waals surface area contributed by atoms with E-state index >= 15 is 0 Å². The Bertz CT molecular complexity index is 710. The third-order valence-corrected chi connectivity index (χ3v) is 3.19. The standard InChI is InChI=1S/C17H13NO4/c19-16(12-7-3-1-4-8-12)14-11-15(22-18-14)17(20)21-13-9-5-2-6-10-13/h1-10,15H,11H2. The minimum absolute atomic E-state index is 0.111. The maximum atomic E-state index is 12.2. The number of oxime groups is 1. The van der Waals surface area contributed by atoms with Gasteiger partial charge in [0, 0.05) is 12.0 Å². The molecule has 110 valence electrons. The third kappa shape index (κ3) is 3.03. The average molecular weight is 295 g/mol. The van der Waals surface area contributed by atoms with E-state index in [0.717, 1.165) is 0 Å². The molecule has 5 nitrogen and oxygen atoms in total. The predicted octanol–water partition coefficient (Wildman–Crippen LogP) is 2.62. The van der Waals surface area contributed by atoms with Gasteiger partial charge in [0.1, 0.15) is 11.5 Å². The summed E-state index contributed by atoms with van der Waals surface area (Å²) in [5, 5.41) is 3.72. The predicted molar refractivity (Wildman–Crippen MR) is 79.8 cm³/mol. The van der Waals surface area contributed by atoms with Crippen LogP contribution in [0.2, 0.25) is 0 Å². The first-order valence-corrected chi connectivity index (χ1v) is 6.83. The highest BCUT2D eigenvalue weighted by Crippen LogP contribution is 2.18. The molecule has 0 saturated carbocycles. The molecular formula is C17H13NO4.